The smallest absolute Gasteiger partial charge is 0.307 e. The Labute approximate surface area is 126 Å². The summed E-state index contributed by atoms with van der Waals surface area (Å²) in [6.45, 7) is 5.37. The van der Waals surface area contributed by atoms with Crippen molar-refractivity contribution < 1.29 is 14.6 Å². The highest BCUT2D eigenvalue weighted by Gasteiger charge is 2.25. The lowest BCUT2D eigenvalue weighted by atomic mass is 9.98. The van der Waals surface area contributed by atoms with Gasteiger partial charge in [0.2, 0.25) is 0 Å². The molecule has 1 unspecified atom stereocenters. The quantitative estimate of drug-likeness (QED) is 0.784. The number of rotatable bonds is 7. The second-order valence-electron chi connectivity index (χ2n) is 5.76. The first kappa shape index (κ1) is 15.8. The molecule has 1 aliphatic heterocycles. The van der Waals surface area contributed by atoms with Crippen molar-refractivity contribution in [2.45, 2.75) is 39.2 Å². The van der Waals surface area contributed by atoms with Gasteiger partial charge in [0.15, 0.2) is 0 Å². The van der Waals surface area contributed by atoms with E-state index in [2.05, 4.69) is 24.0 Å². The number of carboxylic acid groups (broad SMARTS) is 1. The topological polar surface area (TPSA) is 49.8 Å². The fourth-order valence-corrected chi connectivity index (χ4v) is 2.68. The van der Waals surface area contributed by atoms with E-state index >= 15 is 0 Å². The van der Waals surface area contributed by atoms with E-state index in [1.54, 1.807) is 0 Å². The molecule has 116 valence electrons. The van der Waals surface area contributed by atoms with Gasteiger partial charge in [-0.1, -0.05) is 25.5 Å². The Kier molecular flexibility index (Phi) is 6.05. The van der Waals surface area contributed by atoms with Crippen LogP contribution in [0.5, 0.6) is 5.75 Å². The molecule has 21 heavy (non-hydrogen) atoms. The summed E-state index contributed by atoms with van der Waals surface area (Å²) in [5, 5.41) is 9.12. The Hall–Kier alpha value is -1.55. The Morgan fingerprint density at radius 2 is 2.14 bits per heavy atom. The summed E-state index contributed by atoms with van der Waals surface area (Å²) in [4.78, 5) is 13.3. The van der Waals surface area contributed by atoms with Crippen molar-refractivity contribution in [2.24, 2.45) is 5.92 Å². The van der Waals surface area contributed by atoms with Crippen LogP contribution >= 0.6 is 0 Å². The predicted octanol–water partition coefficient (Wildman–Crippen LogP) is 3.16. The molecule has 1 aliphatic rings. The van der Waals surface area contributed by atoms with E-state index in [1.165, 1.54) is 5.56 Å². The van der Waals surface area contributed by atoms with E-state index in [0.29, 0.717) is 6.54 Å². The van der Waals surface area contributed by atoms with Crippen molar-refractivity contribution in [3.05, 3.63) is 29.8 Å². The lowest BCUT2D eigenvalue weighted by molar-refractivity contribution is -0.143. The van der Waals surface area contributed by atoms with Gasteiger partial charge in [-0.15, -0.1) is 0 Å². The summed E-state index contributed by atoms with van der Waals surface area (Å²) in [6, 6.07) is 8.16. The van der Waals surface area contributed by atoms with Crippen molar-refractivity contribution in [3.8, 4) is 5.75 Å². The molecule has 1 atom stereocenters. The van der Waals surface area contributed by atoms with Crippen LogP contribution in [-0.2, 0) is 11.3 Å². The molecular weight excluding hydrogens is 266 g/mol. The second kappa shape index (κ2) is 8.03. The Balaban J connectivity index is 1.83. The maximum atomic E-state index is 11.1. The van der Waals surface area contributed by atoms with Crippen LogP contribution in [0.15, 0.2) is 24.3 Å². The van der Waals surface area contributed by atoms with Crippen molar-refractivity contribution in [2.75, 3.05) is 19.7 Å². The number of ether oxygens (including phenoxy) is 1. The molecule has 1 aromatic rings. The molecule has 1 saturated heterocycles. The molecule has 0 aliphatic carbocycles. The summed E-state index contributed by atoms with van der Waals surface area (Å²) in [5.74, 6) is 0.0315. The maximum Gasteiger partial charge on any atom is 0.307 e. The highest BCUT2D eigenvalue weighted by atomic mass is 16.5. The molecule has 1 aromatic carbocycles. The van der Waals surface area contributed by atoms with Gasteiger partial charge in [-0.05, 0) is 43.5 Å². The molecule has 2 rings (SSSR count). The molecule has 0 amide bonds. The largest absolute Gasteiger partial charge is 0.494 e. The van der Waals surface area contributed by atoms with E-state index in [-0.39, 0.29) is 5.92 Å². The first-order chi connectivity index (χ1) is 10.2. The number of benzene rings is 1. The average Bonchev–Trinajstić information content (AvgIpc) is 2.49. The number of nitrogens with zero attached hydrogens (tertiary/aromatic N) is 1. The lowest BCUT2D eigenvalue weighted by Gasteiger charge is -2.30. The van der Waals surface area contributed by atoms with Crippen LogP contribution in [0.2, 0.25) is 0 Å². The van der Waals surface area contributed by atoms with Gasteiger partial charge >= 0.3 is 5.97 Å². The van der Waals surface area contributed by atoms with E-state index in [0.717, 1.165) is 51.1 Å². The normalized spacial score (nSPS) is 19.4. The zero-order valence-corrected chi connectivity index (χ0v) is 12.8. The monoisotopic (exact) mass is 291 g/mol. The minimum absolute atomic E-state index is 0.213. The summed E-state index contributed by atoms with van der Waals surface area (Å²) >= 11 is 0. The molecule has 4 nitrogen and oxygen atoms in total. The number of unbranched alkanes of at least 4 members (excludes halogenated alkanes) is 1. The van der Waals surface area contributed by atoms with Gasteiger partial charge in [0.1, 0.15) is 5.75 Å². The third kappa shape index (κ3) is 5.05. The third-order valence-electron chi connectivity index (χ3n) is 3.95. The molecule has 0 saturated carbocycles. The summed E-state index contributed by atoms with van der Waals surface area (Å²) in [7, 11) is 0. The SMILES string of the molecule is CCCCOc1ccc(CN2CCCC(C(=O)O)C2)cc1. The molecule has 1 N–H and O–H groups in total. The zero-order chi connectivity index (χ0) is 15.1. The Morgan fingerprint density at radius 3 is 2.81 bits per heavy atom. The number of hydrogen-bond acceptors (Lipinski definition) is 3. The van der Waals surface area contributed by atoms with Crippen LogP contribution in [0.25, 0.3) is 0 Å². The number of hydrogen-bond donors (Lipinski definition) is 1. The van der Waals surface area contributed by atoms with Crippen LogP contribution in [0.4, 0.5) is 0 Å². The van der Waals surface area contributed by atoms with E-state index in [4.69, 9.17) is 9.84 Å². The lowest BCUT2D eigenvalue weighted by Crippen LogP contribution is -2.38. The number of likely N-dealkylation sites (tertiary alicyclic amines) is 1. The van der Waals surface area contributed by atoms with Gasteiger partial charge in [0.05, 0.1) is 12.5 Å². The minimum Gasteiger partial charge on any atom is -0.494 e. The molecule has 1 heterocycles. The van der Waals surface area contributed by atoms with Crippen LogP contribution < -0.4 is 4.74 Å². The number of aliphatic carboxylic acids is 1. The number of carboxylic acids is 1. The Morgan fingerprint density at radius 1 is 1.38 bits per heavy atom. The fraction of sp³-hybridized carbons (Fsp3) is 0.588. The highest BCUT2D eigenvalue weighted by Crippen LogP contribution is 2.20. The summed E-state index contributed by atoms with van der Waals surface area (Å²) in [5.41, 5.74) is 1.21. The maximum absolute atomic E-state index is 11.1. The first-order valence-electron chi connectivity index (χ1n) is 7.86. The van der Waals surface area contributed by atoms with Gasteiger partial charge in [-0.25, -0.2) is 0 Å². The van der Waals surface area contributed by atoms with E-state index in [9.17, 15) is 4.79 Å². The molecule has 1 fully saturated rings. The van der Waals surface area contributed by atoms with Gasteiger partial charge in [0.25, 0.3) is 0 Å². The predicted molar refractivity (Wildman–Crippen MR) is 82.5 cm³/mol. The summed E-state index contributed by atoms with van der Waals surface area (Å²) < 4.78 is 5.65. The van der Waals surface area contributed by atoms with Crippen molar-refractivity contribution in [1.82, 2.24) is 4.90 Å². The van der Waals surface area contributed by atoms with Crippen LogP contribution in [-0.4, -0.2) is 35.7 Å². The van der Waals surface area contributed by atoms with Crippen molar-refractivity contribution in [1.29, 1.82) is 0 Å². The van der Waals surface area contributed by atoms with E-state index in [1.807, 2.05) is 12.1 Å². The highest BCUT2D eigenvalue weighted by molar-refractivity contribution is 5.70. The van der Waals surface area contributed by atoms with Gasteiger partial charge in [0, 0.05) is 13.1 Å². The molecule has 4 heteroatoms. The molecule has 0 aromatic heterocycles. The number of carbonyl (C=O) groups is 1. The molecular formula is C17H25NO3. The average molecular weight is 291 g/mol. The van der Waals surface area contributed by atoms with Gasteiger partial charge < -0.3 is 9.84 Å². The molecule has 0 bridgehead atoms. The number of piperidine rings is 1. The summed E-state index contributed by atoms with van der Waals surface area (Å²) in [6.07, 6.45) is 3.98. The third-order valence-corrected chi connectivity index (χ3v) is 3.95. The van der Waals surface area contributed by atoms with Crippen LogP contribution in [0.1, 0.15) is 38.2 Å². The van der Waals surface area contributed by atoms with Crippen LogP contribution in [0, 0.1) is 5.92 Å². The Bertz CT molecular complexity index is 444. The van der Waals surface area contributed by atoms with Crippen molar-refractivity contribution >= 4 is 5.97 Å². The molecule has 0 radical (unpaired) electrons. The standard InChI is InChI=1S/C17H25NO3/c1-2-3-11-21-16-8-6-14(7-9-16)12-18-10-4-5-15(13-18)17(19)20/h6-9,15H,2-5,10-13H2,1H3,(H,19,20). The zero-order valence-electron chi connectivity index (χ0n) is 12.8. The van der Waals surface area contributed by atoms with Gasteiger partial charge in [-0.3, -0.25) is 9.69 Å². The van der Waals surface area contributed by atoms with Crippen LogP contribution in [0.3, 0.4) is 0 Å². The van der Waals surface area contributed by atoms with E-state index < -0.39 is 5.97 Å². The second-order valence-corrected chi connectivity index (χ2v) is 5.76. The minimum atomic E-state index is -0.667. The van der Waals surface area contributed by atoms with Crippen molar-refractivity contribution in [3.63, 3.8) is 0 Å². The van der Waals surface area contributed by atoms with Gasteiger partial charge in [-0.2, -0.15) is 0 Å². The first-order valence-corrected chi connectivity index (χ1v) is 7.86. The fourth-order valence-electron chi connectivity index (χ4n) is 2.68. The molecule has 0 spiro atoms.